The first-order chi connectivity index (χ1) is 11.2. The van der Waals surface area contributed by atoms with Gasteiger partial charge in [-0.3, -0.25) is 19.2 Å². The zero-order chi connectivity index (χ0) is 18.7. The minimum Gasteiger partial charge on any atom is -0.465 e. The molecule has 0 aromatic rings. The first kappa shape index (κ1) is 21.8. The summed E-state index contributed by atoms with van der Waals surface area (Å²) in [5, 5.41) is 7.16. The predicted octanol–water partition coefficient (Wildman–Crippen LogP) is -1.34. The lowest BCUT2D eigenvalue weighted by Crippen LogP contribution is -2.51. The van der Waals surface area contributed by atoms with Crippen molar-refractivity contribution >= 4 is 23.7 Å². The van der Waals surface area contributed by atoms with Crippen molar-refractivity contribution in [1.29, 1.82) is 0 Å². The number of hydrogen-bond donors (Lipinski definition) is 4. The molecule has 3 amide bonds. The van der Waals surface area contributed by atoms with E-state index in [0.29, 0.717) is 6.42 Å². The Morgan fingerprint density at radius 2 is 1.62 bits per heavy atom. The lowest BCUT2D eigenvalue weighted by Gasteiger charge is -2.18. The molecule has 0 radical (unpaired) electrons. The van der Waals surface area contributed by atoms with Gasteiger partial charge in [0.15, 0.2) is 0 Å². The van der Waals surface area contributed by atoms with Gasteiger partial charge in [0.2, 0.25) is 17.7 Å². The maximum atomic E-state index is 11.8. The number of carbonyl (C=O) groups excluding carboxylic acids is 4. The van der Waals surface area contributed by atoms with E-state index in [-0.39, 0.29) is 25.6 Å². The van der Waals surface area contributed by atoms with Gasteiger partial charge in [-0.15, -0.1) is 0 Å². The molecule has 2 atom stereocenters. The third-order valence-electron chi connectivity index (χ3n) is 2.97. The molecule has 9 heteroatoms. The topological polar surface area (TPSA) is 140 Å². The zero-order valence-electron chi connectivity index (χ0n) is 14.7. The lowest BCUT2D eigenvalue weighted by molar-refractivity contribution is -0.143. The van der Waals surface area contributed by atoms with Crippen LogP contribution < -0.4 is 21.7 Å². The van der Waals surface area contributed by atoms with Gasteiger partial charge in [0.25, 0.3) is 0 Å². The molecule has 0 aromatic carbocycles. The molecule has 0 saturated carbocycles. The van der Waals surface area contributed by atoms with Crippen molar-refractivity contribution in [1.82, 2.24) is 16.0 Å². The molecule has 0 aliphatic heterocycles. The highest BCUT2D eigenvalue weighted by Crippen LogP contribution is 2.02. The molecular weight excluding hydrogens is 316 g/mol. The molecule has 24 heavy (non-hydrogen) atoms. The minimum atomic E-state index is -0.825. The van der Waals surface area contributed by atoms with Crippen LogP contribution in [0.2, 0.25) is 0 Å². The van der Waals surface area contributed by atoms with Gasteiger partial charge in [-0.05, 0) is 26.2 Å². The quantitative estimate of drug-likeness (QED) is 0.362. The third-order valence-corrected chi connectivity index (χ3v) is 2.97. The number of rotatable bonds is 10. The number of ether oxygens (including phenoxy) is 1. The van der Waals surface area contributed by atoms with Crippen LogP contribution >= 0.6 is 0 Å². The van der Waals surface area contributed by atoms with Crippen LogP contribution in [0, 0.1) is 5.92 Å². The summed E-state index contributed by atoms with van der Waals surface area (Å²) in [6.07, 6.45) is 0.510. The van der Waals surface area contributed by atoms with Crippen LogP contribution in [0.4, 0.5) is 0 Å². The number of carbonyl (C=O) groups is 4. The molecule has 0 aliphatic carbocycles. The Hall–Kier alpha value is -2.16. The molecule has 5 N–H and O–H groups in total. The summed E-state index contributed by atoms with van der Waals surface area (Å²) >= 11 is 0. The van der Waals surface area contributed by atoms with Crippen LogP contribution in [0.1, 0.15) is 34.1 Å². The highest BCUT2D eigenvalue weighted by Gasteiger charge is 2.21. The van der Waals surface area contributed by atoms with Gasteiger partial charge in [-0.25, -0.2) is 0 Å². The molecule has 0 unspecified atom stereocenters. The fourth-order valence-corrected chi connectivity index (χ4v) is 1.77. The van der Waals surface area contributed by atoms with E-state index in [2.05, 4.69) is 20.7 Å². The summed E-state index contributed by atoms with van der Waals surface area (Å²) in [5.74, 6) is -1.77. The lowest BCUT2D eigenvalue weighted by atomic mass is 10.0. The summed E-state index contributed by atoms with van der Waals surface area (Å²) < 4.78 is 4.65. The molecule has 0 heterocycles. The van der Waals surface area contributed by atoms with Crippen molar-refractivity contribution in [3.05, 3.63) is 0 Å². The summed E-state index contributed by atoms with van der Waals surface area (Å²) in [5.41, 5.74) is 5.73. The number of hydrogen-bond acceptors (Lipinski definition) is 6. The first-order valence-electron chi connectivity index (χ1n) is 7.93. The Morgan fingerprint density at radius 1 is 1.00 bits per heavy atom. The van der Waals surface area contributed by atoms with Crippen molar-refractivity contribution in [2.75, 3.05) is 19.7 Å². The third kappa shape index (κ3) is 9.78. The number of nitrogens with two attached hydrogens (primary N) is 1. The van der Waals surface area contributed by atoms with Crippen LogP contribution in [0.25, 0.3) is 0 Å². The van der Waals surface area contributed by atoms with Crippen molar-refractivity contribution in [3.63, 3.8) is 0 Å². The minimum absolute atomic E-state index is 0.224. The standard InChI is InChI=1S/C15H28N4O5/c1-5-24-13(21)8-17-12(20)7-18-14(22)10(4)19-15(23)11(16)6-9(2)3/h9-11H,5-8,16H2,1-4H3,(H,17,20)(H,18,22)(H,19,23)/t10-,11-/m0/s1. The number of esters is 1. The molecule has 0 aromatic heterocycles. The Balaban J connectivity index is 4.11. The van der Waals surface area contributed by atoms with Crippen molar-refractivity contribution in [2.45, 2.75) is 46.2 Å². The second kappa shape index (κ2) is 11.4. The van der Waals surface area contributed by atoms with Crippen LogP contribution in [-0.4, -0.2) is 55.5 Å². The van der Waals surface area contributed by atoms with Gasteiger partial charge < -0.3 is 26.4 Å². The average molecular weight is 344 g/mol. The van der Waals surface area contributed by atoms with Gasteiger partial charge in [-0.2, -0.15) is 0 Å². The van der Waals surface area contributed by atoms with Crippen LogP contribution in [0.15, 0.2) is 0 Å². The second-order valence-corrected chi connectivity index (χ2v) is 5.77. The van der Waals surface area contributed by atoms with E-state index < -0.39 is 35.8 Å². The zero-order valence-corrected chi connectivity index (χ0v) is 14.7. The van der Waals surface area contributed by atoms with Crippen molar-refractivity contribution in [3.8, 4) is 0 Å². The fraction of sp³-hybridized carbons (Fsp3) is 0.733. The molecule has 0 bridgehead atoms. The highest BCUT2D eigenvalue weighted by molar-refractivity contribution is 5.92. The van der Waals surface area contributed by atoms with Gasteiger partial charge in [0.05, 0.1) is 19.2 Å². The largest absolute Gasteiger partial charge is 0.465 e. The molecular formula is C15H28N4O5. The van der Waals surface area contributed by atoms with E-state index in [4.69, 9.17) is 5.73 Å². The summed E-state index contributed by atoms with van der Waals surface area (Å²) in [7, 11) is 0. The molecule has 0 aliphatic rings. The summed E-state index contributed by atoms with van der Waals surface area (Å²) in [4.78, 5) is 46.2. The van der Waals surface area contributed by atoms with Crippen LogP contribution in [0.3, 0.4) is 0 Å². The van der Waals surface area contributed by atoms with Crippen molar-refractivity contribution < 1.29 is 23.9 Å². The van der Waals surface area contributed by atoms with E-state index in [1.165, 1.54) is 6.92 Å². The fourth-order valence-electron chi connectivity index (χ4n) is 1.77. The average Bonchev–Trinajstić information content (AvgIpc) is 2.49. The number of amides is 3. The van der Waals surface area contributed by atoms with Gasteiger partial charge in [-0.1, -0.05) is 13.8 Å². The Labute approximate surface area is 142 Å². The maximum absolute atomic E-state index is 11.8. The predicted molar refractivity (Wildman–Crippen MR) is 87.7 cm³/mol. The molecule has 0 fully saturated rings. The van der Waals surface area contributed by atoms with Gasteiger partial charge in [0, 0.05) is 0 Å². The first-order valence-corrected chi connectivity index (χ1v) is 7.93. The van der Waals surface area contributed by atoms with E-state index in [1.54, 1.807) is 6.92 Å². The number of nitrogens with one attached hydrogen (secondary N) is 3. The van der Waals surface area contributed by atoms with E-state index in [0.717, 1.165) is 0 Å². The van der Waals surface area contributed by atoms with Crippen LogP contribution in [-0.2, 0) is 23.9 Å². The Morgan fingerprint density at radius 3 is 2.17 bits per heavy atom. The van der Waals surface area contributed by atoms with E-state index >= 15 is 0 Å². The molecule has 9 nitrogen and oxygen atoms in total. The van der Waals surface area contributed by atoms with E-state index in [1.807, 2.05) is 13.8 Å². The van der Waals surface area contributed by atoms with Gasteiger partial charge >= 0.3 is 5.97 Å². The summed E-state index contributed by atoms with van der Waals surface area (Å²) in [6, 6.07) is -1.51. The molecule has 0 rings (SSSR count). The SMILES string of the molecule is CCOC(=O)CNC(=O)CNC(=O)[C@H](C)NC(=O)[C@@H](N)CC(C)C. The monoisotopic (exact) mass is 344 g/mol. The Kier molecular flexibility index (Phi) is 10.4. The Bertz CT molecular complexity index is 453. The molecule has 0 saturated heterocycles. The molecule has 138 valence electrons. The van der Waals surface area contributed by atoms with Crippen molar-refractivity contribution in [2.24, 2.45) is 11.7 Å². The smallest absolute Gasteiger partial charge is 0.325 e. The highest BCUT2D eigenvalue weighted by atomic mass is 16.5. The second-order valence-electron chi connectivity index (χ2n) is 5.77. The maximum Gasteiger partial charge on any atom is 0.325 e. The van der Waals surface area contributed by atoms with Gasteiger partial charge in [0.1, 0.15) is 12.6 Å². The normalized spacial score (nSPS) is 12.9. The summed E-state index contributed by atoms with van der Waals surface area (Å²) in [6.45, 7) is 6.68. The van der Waals surface area contributed by atoms with E-state index in [9.17, 15) is 19.2 Å². The molecule has 0 spiro atoms. The van der Waals surface area contributed by atoms with Crippen LogP contribution in [0.5, 0.6) is 0 Å².